The molecule has 0 unspecified atom stereocenters. The molecule has 7 nitrogen and oxygen atoms in total. The summed E-state index contributed by atoms with van der Waals surface area (Å²) >= 11 is 6.88. The molecule has 12 heteroatoms. The molecule has 1 aromatic heterocycles. The van der Waals surface area contributed by atoms with Gasteiger partial charge in [0.05, 0.1) is 22.4 Å². The Hall–Kier alpha value is -3.25. The summed E-state index contributed by atoms with van der Waals surface area (Å²) in [4.78, 5) is 31.3. The first-order valence-corrected chi connectivity index (χ1v) is 16.0. The number of benzene rings is 2. The van der Waals surface area contributed by atoms with Crippen molar-refractivity contribution < 1.29 is 22.8 Å². The second-order valence-electron chi connectivity index (χ2n) is 11.3. The molecule has 2 aromatic carbocycles. The van der Waals surface area contributed by atoms with E-state index < -0.39 is 22.7 Å². The molecule has 0 bridgehead atoms. The smallest absolute Gasteiger partial charge is 0.313 e. The van der Waals surface area contributed by atoms with Gasteiger partial charge in [0.25, 0.3) is 11.8 Å². The Labute approximate surface area is 264 Å². The van der Waals surface area contributed by atoms with E-state index in [1.54, 1.807) is 18.4 Å². The molecule has 2 aliphatic heterocycles. The third-order valence-corrected chi connectivity index (χ3v) is 9.51. The van der Waals surface area contributed by atoms with Gasteiger partial charge in [-0.25, -0.2) is 5.43 Å². The van der Waals surface area contributed by atoms with Gasteiger partial charge in [0.1, 0.15) is 5.00 Å². The number of hydrazone groups is 1. The van der Waals surface area contributed by atoms with Crippen molar-refractivity contribution in [3.8, 4) is 0 Å². The van der Waals surface area contributed by atoms with Gasteiger partial charge in [-0.3, -0.25) is 14.5 Å². The Kier molecular flexibility index (Phi) is 10.4. The Morgan fingerprint density at radius 1 is 1.05 bits per heavy atom. The number of nitrogens with one attached hydrogen (secondary N) is 2. The summed E-state index contributed by atoms with van der Waals surface area (Å²) in [5, 5.41) is 8.34. The maximum atomic E-state index is 13.2. The van der Waals surface area contributed by atoms with Gasteiger partial charge in [-0.15, -0.1) is 11.3 Å². The summed E-state index contributed by atoms with van der Waals surface area (Å²) in [6.07, 6.45) is 2.78. The van der Waals surface area contributed by atoms with E-state index in [0.29, 0.717) is 22.2 Å². The molecule has 0 saturated carbocycles. The van der Waals surface area contributed by atoms with E-state index in [0.717, 1.165) is 43.5 Å². The number of carbonyl (C=O) groups excluding carboxylic acids is 2. The van der Waals surface area contributed by atoms with Crippen LogP contribution in [0.15, 0.2) is 52.9 Å². The number of halogens is 4. The lowest BCUT2D eigenvalue weighted by atomic mass is 9.99. The SMILES string of the molecule is Cc1csc(NC(=O)c2cccc(CN3CCC(N4CCCCC4)CC3)c2)c1C(=O)N/N=C/c1ccc(Cl)c(C(F)(F)F)c1. The van der Waals surface area contributed by atoms with Crippen molar-refractivity contribution in [1.82, 2.24) is 15.2 Å². The molecule has 0 spiro atoms. The lowest BCUT2D eigenvalue weighted by Gasteiger charge is -2.40. The summed E-state index contributed by atoms with van der Waals surface area (Å²) < 4.78 is 39.4. The fourth-order valence-corrected chi connectivity index (χ4v) is 7.01. The highest BCUT2D eigenvalue weighted by atomic mass is 35.5. The maximum absolute atomic E-state index is 13.2. The van der Waals surface area contributed by atoms with Crippen LogP contribution in [-0.4, -0.2) is 60.0 Å². The fourth-order valence-electron chi connectivity index (χ4n) is 5.85. The number of amides is 2. The normalized spacial score (nSPS) is 17.2. The molecule has 234 valence electrons. The Morgan fingerprint density at radius 3 is 2.52 bits per heavy atom. The van der Waals surface area contributed by atoms with Crippen LogP contribution in [0.4, 0.5) is 18.2 Å². The van der Waals surface area contributed by atoms with E-state index in [2.05, 4.69) is 25.6 Å². The first-order valence-electron chi connectivity index (χ1n) is 14.7. The average Bonchev–Trinajstić information content (AvgIpc) is 3.37. The second-order valence-corrected chi connectivity index (χ2v) is 12.6. The summed E-state index contributed by atoms with van der Waals surface area (Å²) in [5.74, 6) is -0.932. The van der Waals surface area contributed by atoms with Gasteiger partial charge in [0, 0.05) is 18.2 Å². The van der Waals surface area contributed by atoms with E-state index in [1.807, 2.05) is 18.2 Å². The topological polar surface area (TPSA) is 77.0 Å². The molecular weight excluding hydrogens is 611 g/mol. The number of aryl methyl sites for hydroxylation is 1. The predicted octanol–water partition coefficient (Wildman–Crippen LogP) is 7.20. The number of hydrogen-bond acceptors (Lipinski definition) is 6. The molecule has 2 fully saturated rings. The standard InChI is InChI=1S/C32H35ClF3N5O2S/c1-21-20-44-31(28(21)30(43)39-37-18-22-8-9-27(33)26(17-22)32(34,35)36)38-29(42)24-7-5-6-23(16-24)19-40-14-10-25(11-15-40)41-12-3-2-4-13-41/h5-9,16-18,20,25H,2-4,10-15,19H2,1H3,(H,38,42)(H,39,43)/b37-18+. The summed E-state index contributed by atoms with van der Waals surface area (Å²) in [7, 11) is 0. The van der Waals surface area contributed by atoms with Crippen LogP contribution < -0.4 is 10.7 Å². The van der Waals surface area contributed by atoms with Gasteiger partial charge in [-0.05, 0) is 105 Å². The number of piperidine rings is 2. The molecule has 2 saturated heterocycles. The Balaban J connectivity index is 1.18. The largest absolute Gasteiger partial charge is 0.417 e. The Morgan fingerprint density at radius 2 is 1.80 bits per heavy atom. The zero-order chi connectivity index (χ0) is 31.3. The van der Waals surface area contributed by atoms with Crippen LogP contribution in [-0.2, 0) is 12.7 Å². The van der Waals surface area contributed by atoms with Crippen molar-refractivity contribution in [1.29, 1.82) is 0 Å². The van der Waals surface area contributed by atoms with Gasteiger partial charge in [0.15, 0.2) is 0 Å². The van der Waals surface area contributed by atoms with Crippen molar-refractivity contribution in [2.75, 3.05) is 31.5 Å². The van der Waals surface area contributed by atoms with Crippen molar-refractivity contribution in [2.45, 2.75) is 57.8 Å². The first-order chi connectivity index (χ1) is 21.1. The minimum atomic E-state index is -4.62. The monoisotopic (exact) mass is 645 g/mol. The van der Waals surface area contributed by atoms with Crippen molar-refractivity contribution in [2.24, 2.45) is 5.10 Å². The van der Waals surface area contributed by atoms with E-state index in [4.69, 9.17) is 11.6 Å². The van der Waals surface area contributed by atoms with Crippen LogP contribution in [0.1, 0.15) is 75.1 Å². The molecule has 2 aliphatic rings. The number of alkyl halides is 3. The molecule has 44 heavy (non-hydrogen) atoms. The molecule has 3 aromatic rings. The highest BCUT2D eigenvalue weighted by Crippen LogP contribution is 2.35. The third kappa shape index (κ3) is 8.06. The number of thiophene rings is 1. The summed E-state index contributed by atoms with van der Waals surface area (Å²) in [6.45, 7) is 7.02. The zero-order valence-corrected chi connectivity index (χ0v) is 26.0. The lowest BCUT2D eigenvalue weighted by Crippen LogP contribution is -2.46. The minimum Gasteiger partial charge on any atom is -0.313 e. The van der Waals surface area contributed by atoms with Gasteiger partial charge in [-0.1, -0.05) is 36.2 Å². The molecular formula is C32H35ClF3N5O2S. The third-order valence-electron chi connectivity index (χ3n) is 8.16. The van der Waals surface area contributed by atoms with Gasteiger partial charge in [-0.2, -0.15) is 18.3 Å². The van der Waals surface area contributed by atoms with E-state index in [1.165, 1.54) is 62.6 Å². The lowest BCUT2D eigenvalue weighted by molar-refractivity contribution is -0.137. The van der Waals surface area contributed by atoms with Crippen LogP contribution in [0.2, 0.25) is 5.02 Å². The predicted molar refractivity (Wildman–Crippen MR) is 169 cm³/mol. The molecule has 2 amide bonds. The van der Waals surface area contributed by atoms with Gasteiger partial charge in [0.2, 0.25) is 0 Å². The van der Waals surface area contributed by atoms with Gasteiger partial charge >= 0.3 is 6.18 Å². The van der Waals surface area contributed by atoms with E-state index in [9.17, 15) is 22.8 Å². The Bertz CT molecular complexity index is 1510. The number of hydrogen-bond donors (Lipinski definition) is 2. The quantitative estimate of drug-likeness (QED) is 0.201. The van der Waals surface area contributed by atoms with Crippen molar-refractivity contribution in [3.63, 3.8) is 0 Å². The highest BCUT2D eigenvalue weighted by molar-refractivity contribution is 7.15. The van der Waals surface area contributed by atoms with Crippen LogP contribution >= 0.6 is 22.9 Å². The fraction of sp³-hybridized carbons (Fsp3) is 0.406. The molecule has 5 rings (SSSR count). The van der Waals surface area contributed by atoms with Crippen LogP contribution in [0.3, 0.4) is 0 Å². The molecule has 0 atom stereocenters. The first kappa shape index (κ1) is 32.2. The average molecular weight is 646 g/mol. The zero-order valence-electron chi connectivity index (χ0n) is 24.4. The second kappa shape index (κ2) is 14.2. The number of carbonyl (C=O) groups is 2. The van der Waals surface area contributed by atoms with E-state index >= 15 is 0 Å². The highest BCUT2D eigenvalue weighted by Gasteiger charge is 2.33. The number of likely N-dealkylation sites (tertiary alicyclic amines) is 2. The van der Waals surface area contributed by atoms with Crippen LogP contribution in [0.25, 0.3) is 0 Å². The van der Waals surface area contributed by atoms with Gasteiger partial charge < -0.3 is 10.2 Å². The van der Waals surface area contributed by atoms with Crippen molar-refractivity contribution in [3.05, 3.63) is 86.2 Å². The molecule has 0 radical (unpaired) electrons. The number of nitrogens with zero attached hydrogens (tertiary/aromatic N) is 3. The molecule has 3 heterocycles. The van der Waals surface area contributed by atoms with Crippen LogP contribution in [0, 0.1) is 6.92 Å². The summed E-state index contributed by atoms with van der Waals surface area (Å²) in [5.41, 5.74) is 3.88. The van der Waals surface area contributed by atoms with Crippen LogP contribution in [0.5, 0.6) is 0 Å². The molecule has 0 aliphatic carbocycles. The maximum Gasteiger partial charge on any atom is 0.417 e. The minimum absolute atomic E-state index is 0.115. The van der Waals surface area contributed by atoms with E-state index in [-0.39, 0.29) is 17.0 Å². The summed E-state index contributed by atoms with van der Waals surface area (Å²) in [6, 6.07) is 11.5. The number of rotatable bonds is 8. The number of anilines is 1. The molecule has 2 N–H and O–H groups in total. The van der Waals surface area contributed by atoms with Crippen molar-refractivity contribution >= 4 is 46.0 Å².